The number of β-amino-alcohol motifs (C(OH)–C–C–N with tert-alkyl or cyclic N) is 1. The molecule has 1 spiro atoms. The van der Waals surface area contributed by atoms with E-state index in [1.165, 1.54) is 5.56 Å². The van der Waals surface area contributed by atoms with E-state index in [9.17, 15) is 9.90 Å². The van der Waals surface area contributed by atoms with Crippen LogP contribution in [0.4, 0.5) is 0 Å². The third-order valence-electron chi connectivity index (χ3n) is 5.10. The van der Waals surface area contributed by atoms with Gasteiger partial charge in [-0.1, -0.05) is 30.3 Å². The van der Waals surface area contributed by atoms with E-state index < -0.39 is 11.7 Å². The number of nitrogens with zero attached hydrogens (tertiary/aromatic N) is 3. The van der Waals surface area contributed by atoms with Crippen molar-refractivity contribution in [2.75, 3.05) is 19.7 Å². The van der Waals surface area contributed by atoms with E-state index in [-0.39, 0.29) is 18.4 Å². The molecule has 2 aliphatic rings. The standard InChI is InChI=1S/C18H21N3O3/c22-16-10-20(17(23)11-21-8-4-7-19-21)13-18(16)9-15(12-24-18)14-5-2-1-3-6-14/h1-8,15-16,22H,9-13H2/t15-,16+,18+/m0/s1. The molecule has 1 aromatic heterocycles. The second-order valence-electron chi connectivity index (χ2n) is 6.68. The van der Waals surface area contributed by atoms with Gasteiger partial charge in [-0.05, 0) is 18.1 Å². The monoisotopic (exact) mass is 327 g/mol. The van der Waals surface area contributed by atoms with E-state index in [0.29, 0.717) is 19.7 Å². The van der Waals surface area contributed by atoms with Gasteiger partial charge in [0, 0.05) is 24.9 Å². The highest BCUT2D eigenvalue weighted by atomic mass is 16.5. The number of benzene rings is 1. The maximum Gasteiger partial charge on any atom is 0.244 e. The molecule has 126 valence electrons. The molecule has 3 atom stereocenters. The van der Waals surface area contributed by atoms with Crippen LogP contribution in [0.25, 0.3) is 0 Å². The Hall–Kier alpha value is -2.18. The normalized spacial score (nSPS) is 29.5. The van der Waals surface area contributed by atoms with Gasteiger partial charge in [0.2, 0.25) is 5.91 Å². The Kier molecular flexibility index (Phi) is 3.86. The maximum atomic E-state index is 12.4. The van der Waals surface area contributed by atoms with Crippen molar-refractivity contribution < 1.29 is 14.6 Å². The van der Waals surface area contributed by atoms with Gasteiger partial charge in [-0.15, -0.1) is 0 Å². The molecule has 6 heteroatoms. The lowest BCUT2D eigenvalue weighted by Gasteiger charge is -2.26. The Balaban J connectivity index is 1.44. The van der Waals surface area contributed by atoms with Crippen LogP contribution >= 0.6 is 0 Å². The number of rotatable bonds is 3. The van der Waals surface area contributed by atoms with Gasteiger partial charge < -0.3 is 14.7 Å². The number of carbonyl (C=O) groups excluding carboxylic acids is 1. The predicted octanol–water partition coefficient (Wildman–Crippen LogP) is 1.03. The van der Waals surface area contributed by atoms with Crippen LogP contribution in [0.5, 0.6) is 0 Å². The summed E-state index contributed by atoms with van der Waals surface area (Å²) >= 11 is 0. The Morgan fingerprint density at radius 1 is 1.33 bits per heavy atom. The van der Waals surface area contributed by atoms with Crippen molar-refractivity contribution >= 4 is 5.91 Å². The maximum absolute atomic E-state index is 12.4. The number of aliphatic hydroxyl groups is 1. The zero-order valence-electron chi connectivity index (χ0n) is 13.4. The van der Waals surface area contributed by atoms with Crippen LogP contribution in [0.1, 0.15) is 17.9 Å². The Labute approximate surface area is 140 Å². The van der Waals surface area contributed by atoms with E-state index >= 15 is 0 Å². The summed E-state index contributed by atoms with van der Waals surface area (Å²) in [5.41, 5.74) is 0.586. The summed E-state index contributed by atoms with van der Waals surface area (Å²) in [6, 6.07) is 12.0. The van der Waals surface area contributed by atoms with E-state index in [1.807, 2.05) is 18.2 Å². The number of aromatic nitrogens is 2. The molecule has 0 aliphatic carbocycles. The molecule has 6 nitrogen and oxygen atoms in total. The molecule has 1 N–H and O–H groups in total. The average Bonchev–Trinajstić information content (AvgIpc) is 3.31. The van der Waals surface area contributed by atoms with Crippen molar-refractivity contribution in [1.82, 2.24) is 14.7 Å². The topological polar surface area (TPSA) is 67.6 Å². The fourth-order valence-corrected chi connectivity index (χ4v) is 3.77. The summed E-state index contributed by atoms with van der Waals surface area (Å²) in [5, 5.41) is 14.6. The van der Waals surface area contributed by atoms with Crippen LogP contribution in [-0.2, 0) is 16.1 Å². The molecule has 1 amide bonds. The first-order valence-corrected chi connectivity index (χ1v) is 8.28. The van der Waals surface area contributed by atoms with Crippen molar-refractivity contribution in [2.45, 2.75) is 30.6 Å². The lowest BCUT2D eigenvalue weighted by atomic mass is 9.87. The van der Waals surface area contributed by atoms with Gasteiger partial charge in [0.15, 0.2) is 0 Å². The molecular weight excluding hydrogens is 306 g/mol. The zero-order chi connectivity index (χ0) is 16.6. The lowest BCUT2D eigenvalue weighted by Crippen LogP contribution is -2.41. The molecule has 0 saturated carbocycles. The summed E-state index contributed by atoms with van der Waals surface area (Å²) in [5.74, 6) is 0.225. The predicted molar refractivity (Wildman–Crippen MR) is 87.3 cm³/mol. The first-order valence-electron chi connectivity index (χ1n) is 8.28. The van der Waals surface area contributed by atoms with Crippen LogP contribution < -0.4 is 0 Å². The van der Waals surface area contributed by atoms with E-state index in [1.54, 1.807) is 28.0 Å². The summed E-state index contributed by atoms with van der Waals surface area (Å²) in [7, 11) is 0. The van der Waals surface area contributed by atoms with E-state index in [0.717, 1.165) is 6.42 Å². The number of carbonyl (C=O) groups is 1. The minimum Gasteiger partial charge on any atom is -0.388 e. The number of ether oxygens (including phenoxy) is 1. The first-order chi connectivity index (χ1) is 11.7. The van der Waals surface area contributed by atoms with Gasteiger partial charge in [-0.25, -0.2) is 0 Å². The van der Waals surface area contributed by atoms with Crippen molar-refractivity contribution in [3.05, 3.63) is 54.4 Å². The zero-order valence-corrected chi connectivity index (χ0v) is 13.4. The molecule has 2 fully saturated rings. The van der Waals surface area contributed by atoms with Gasteiger partial charge >= 0.3 is 0 Å². The fraction of sp³-hybridized carbons (Fsp3) is 0.444. The molecule has 24 heavy (non-hydrogen) atoms. The van der Waals surface area contributed by atoms with E-state index in [2.05, 4.69) is 17.2 Å². The lowest BCUT2D eigenvalue weighted by molar-refractivity contribution is -0.132. The summed E-state index contributed by atoms with van der Waals surface area (Å²) in [4.78, 5) is 14.1. The van der Waals surface area contributed by atoms with Crippen LogP contribution in [0.15, 0.2) is 48.8 Å². The van der Waals surface area contributed by atoms with Gasteiger partial charge in [-0.2, -0.15) is 5.10 Å². The van der Waals surface area contributed by atoms with Gasteiger partial charge in [0.1, 0.15) is 18.2 Å². The summed E-state index contributed by atoms with van der Waals surface area (Å²) in [6.45, 7) is 1.54. The Morgan fingerprint density at radius 2 is 2.17 bits per heavy atom. The summed E-state index contributed by atoms with van der Waals surface area (Å²) in [6.07, 6.45) is 3.51. The molecule has 1 aromatic carbocycles. The fourth-order valence-electron chi connectivity index (χ4n) is 3.77. The van der Waals surface area contributed by atoms with Crippen molar-refractivity contribution in [2.24, 2.45) is 0 Å². The van der Waals surface area contributed by atoms with Crippen LogP contribution in [0, 0.1) is 0 Å². The first kappa shape index (κ1) is 15.4. The largest absolute Gasteiger partial charge is 0.388 e. The van der Waals surface area contributed by atoms with Gasteiger partial charge in [-0.3, -0.25) is 9.48 Å². The minimum absolute atomic E-state index is 0.0404. The second-order valence-corrected chi connectivity index (χ2v) is 6.68. The van der Waals surface area contributed by atoms with Crippen molar-refractivity contribution in [3.8, 4) is 0 Å². The smallest absolute Gasteiger partial charge is 0.244 e. The molecular formula is C18H21N3O3. The second kappa shape index (κ2) is 6.03. The van der Waals surface area contributed by atoms with Gasteiger partial charge in [0.05, 0.1) is 13.2 Å². The highest BCUT2D eigenvalue weighted by molar-refractivity contribution is 5.76. The molecule has 0 radical (unpaired) electrons. The number of hydrogen-bond acceptors (Lipinski definition) is 4. The minimum atomic E-state index is -0.646. The molecule has 4 rings (SSSR count). The Bertz CT molecular complexity index is 704. The third kappa shape index (κ3) is 2.72. The number of amides is 1. The van der Waals surface area contributed by atoms with Crippen molar-refractivity contribution in [1.29, 1.82) is 0 Å². The summed E-state index contributed by atoms with van der Waals surface area (Å²) < 4.78 is 7.63. The number of aliphatic hydroxyl groups excluding tert-OH is 1. The number of likely N-dealkylation sites (tertiary alicyclic amines) is 1. The molecule has 2 saturated heterocycles. The van der Waals surface area contributed by atoms with Crippen LogP contribution in [0.2, 0.25) is 0 Å². The Morgan fingerprint density at radius 3 is 2.92 bits per heavy atom. The quantitative estimate of drug-likeness (QED) is 0.914. The molecule has 0 unspecified atom stereocenters. The van der Waals surface area contributed by atoms with Crippen molar-refractivity contribution in [3.63, 3.8) is 0 Å². The SMILES string of the molecule is O=C(Cn1cccn1)N1C[C@@H](O)[C@@]2(C[C@H](c3ccccc3)CO2)C1. The van der Waals surface area contributed by atoms with E-state index in [4.69, 9.17) is 4.74 Å². The highest BCUT2D eigenvalue weighted by Gasteiger charge is 2.53. The average molecular weight is 327 g/mol. The molecule has 2 aliphatic heterocycles. The molecule has 3 heterocycles. The molecule has 0 bridgehead atoms. The van der Waals surface area contributed by atoms with Crippen LogP contribution in [0.3, 0.4) is 0 Å². The highest BCUT2D eigenvalue weighted by Crippen LogP contribution is 2.42. The number of hydrogen-bond donors (Lipinski definition) is 1. The van der Waals surface area contributed by atoms with Crippen LogP contribution in [-0.4, -0.2) is 57.1 Å². The molecule has 2 aromatic rings. The van der Waals surface area contributed by atoms with Gasteiger partial charge in [0.25, 0.3) is 0 Å². The third-order valence-corrected chi connectivity index (χ3v) is 5.10.